The van der Waals surface area contributed by atoms with E-state index in [1.807, 2.05) is 18.2 Å². The van der Waals surface area contributed by atoms with Crippen LogP contribution in [0, 0.1) is 12.8 Å². The van der Waals surface area contributed by atoms with Gasteiger partial charge in [0.15, 0.2) is 0 Å². The van der Waals surface area contributed by atoms with Crippen molar-refractivity contribution < 1.29 is 14.6 Å². The molecule has 1 heterocycles. The molecular formula is C20H23ClN3O3. The summed E-state index contributed by atoms with van der Waals surface area (Å²) in [7, 11) is 1.71. The van der Waals surface area contributed by atoms with Crippen LogP contribution in [0.1, 0.15) is 30.0 Å². The fourth-order valence-electron chi connectivity index (χ4n) is 3.94. The van der Waals surface area contributed by atoms with Crippen LogP contribution in [0.2, 0.25) is 5.02 Å². The molecule has 2 aromatic rings. The molecule has 27 heavy (non-hydrogen) atoms. The number of halogens is 1. The van der Waals surface area contributed by atoms with Gasteiger partial charge in [-0.2, -0.15) is 0 Å². The molecule has 1 aromatic carbocycles. The van der Waals surface area contributed by atoms with Crippen LogP contribution in [0.15, 0.2) is 30.6 Å². The van der Waals surface area contributed by atoms with Crippen LogP contribution in [0.5, 0.6) is 5.88 Å². The first-order valence-electron chi connectivity index (χ1n) is 9.11. The number of aromatic nitrogens is 2. The molecule has 2 N–H and O–H groups in total. The Hall–Kier alpha value is -1.89. The van der Waals surface area contributed by atoms with Crippen molar-refractivity contribution in [3.05, 3.63) is 53.7 Å². The first-order chi connectivity index (χ1) is 13.0. The molecule has 1 saturated carbocycles. The number of rotatable bonds is 5. The fourth-order valence-corrected chi connectivity index (χ4v) is 4.14. The highest BCUT2D eigenvalue weighted by Crippen LogP contribution is 2.37. The van der Waals surface area contributed by atoms with Crippen LogP contribution in [-0.2, 0) is 11.2 Å². The number of fused-ring (bicyclic) bond motifs is 1. The molecule has 2 aliphatic rings. The Morgan fingerprint density at radius 3 is 2.85 bits per heavy atom. The number of hydrogen-bond donors (Lipinski definition) is 2. The lowest BCUT2D eigenvalue weighted by molar-refractivity contribution is 0.0959. The largest absolute Gasteiger partial charge is 0.474 e. The van der Waals surface area contributed by atoms with Gasteiger partial charge in [0.2, 0.25) is 5.88 Å². The van der Waals surface area contributed by atoms with Crippen molar-refractivity contribution in [2.45, 2.75) is 43.6 Å². The van der Waals surface area contributed by atoms with Crippen molar-refractivity contribution in [1.82, 2.24) is 9.97 Å². The van der Waals surface area contributed by atoms with E-state index < -0.39 is 6.10 Å². The topological polar surface area (TPSA) is 76.5 Å². The predicted molar refractivity (Wildman–Crippen MR) is 103 cm³/mol. The Kier molecular flexibility index (Phi) is 5.21. The van der Waals surface area contributed by atoms with Gasteiger partial charge in [-0.15, -0.1) is 0 Å². The van der Waals surface area contributed by atoms with Gasteiger partial charge >= 0.3 is 0 Å². The Labute approximate surface area is 163 Å². The molecule has 1 aromatic heterocycles. The monoisotopic (exact) mass is 388 g/mol. The Morgan fingerprint density at radius 1 is 1.26 bits per heavy atom. The van der Waals surface area contributed by atoms with Crippen molar-refractivity contribution in [1.29, 1.82) is 0 Å². The second-order valence-corrected chi connectivity index (χ2v) is 7.66. The molecule has 143 valence electrons. The average Bonchev–Trinajstić information content (AvgIpc) is 3.14. The lowest BCUT2D eigenvalue weighted by Crippen LogP contribution is -2.24. The lowest BCUT2D eigenvalue weighted by atomic mass is 10.1. The van der Waals surface area contributed by atoms with E-state index in [0.717, 1.165) is 23.4 Å². The second-order valence-electron chi connectivity index (χ2n) is 7.22. The zero-order valence-electron chi connectivity index (χ0n) is 15.1. The van der Waals surface area contributed by atoms with Crippen LogP contribution in [0.25, 0.3) is 0 Å². The molecule has 0 amide bonds. The normalized spacial score (nSPS) is 29.6. The van der Waals surface area contributed by atoms with Gasteiger partial charge in [0, 0.05) is 31.0 Å². The zero-order chi connectivity index (χ0) is 19.0. The molecule has 6 nitrogen and oxygen atoms in total. The molecule has 1 fully saturated rings. The van der Waals surface area contributed by atoms with Crippen LogP contribution in [-0.4, -0.2) is 40.5 Å². The van der Waals surface area contributed by atoms with Crippen molar-refractivity contribution in [3.63, 3.8) is 0 Å². The molecule has 0 unspecified atom stereocenters. The maximum Gasteiger partial charge on any atom is 0.218 e. The molecule has 0 saturated heterocycles. The summed E-state index contributed by atoms with van der Waals surface area (Å²) in [6, 6.07) is 7.66. The molecular weight excluding hydrogens is 366 g/mol. The first kappa shape index (κ1) is 18.5. The van der Waals surface area contributed by atoms with Crippen LogP contribution in [0.4, 0.5) is 5.82 Å². The number of hydrogen-bond acceptors (Lipinski definition) is 6. The lowest BCUT2D eigenvalue weighted by Gasteiger charge is -2.21. The zero-order valence-corrected chi connectivity index (χ0v) is 15.9. The summed E-state index contributed by atoms with van der Waals surface area (Å²) in [5.74, 6) is 1.15. The van der Waals surface area contributed by atoms with Gasteiger partial charge in [0.25, 0.3) is 0 Å². The summed E-state index contributed by atoms with van der Waals surface area (Å²) in [6.45, 7) is 3.94. The fraction of sp³-hybridized carbons (Fsp3) is 0.450. The van der Waals surface area contributed by atoms with Crippen LogP contribution < -0.4 is 10.1 Å². The number of ether oxygens (including phenoxy) is 2. The van der Waals surface area contributed by atoms with E-state index in [4.69, 9.17) is 21.1 Å². The maximum absolute atomic E-state index is 9.85. The highest BCUT2D eigenvalue weighted by atomic mass is 35.5. The van der Waals surface area contributed by atoms with Crippen molar-refractivity contribution in [3.8, 4) is 5.88 Å². The molecule has 0 aliphatic heterocycles. The molecule has 0 spiro atoms. The summed E-state index contributed by atoms with van der Waals surface area (Å²) in [5, 5.41) is 14.0. The predicted octanol–water partition coefficient (Wildman–Crippen LogP) is 3.21. The van der Waals surface area contributed by atoms with E-state index in [2.05, 4.69) is 22.2 Å². The smallest absolute Gasteiger partial charge is 0.218 e. The molecule has 1 radical (unpaired) electrons. The van der Waals surface area contributed by atoms with Gasteiger partial charge in [-0.1, -0.05) is 17.7 Å². The molecule has 5 atom stereocenters. The number of aliphatic hydroxyl groups is 1. The van der Waals surface area contributed by atoms with E-state index in [0.29, 0.717) is 18.1 Å². The highest BCUT2D eigenvalue weighted by molar-refractivity contribution is 6.30. The molecule has 7 heteroatoms. The summed E-state index contributed by atoms with van der Waals surface area (Å²) in [4.78, 5) is 8.52. The van der Waals surface area contributed by atoms with Crippen molar-refractivity contribution in [2.24, 2.45) is 5.92 Å². The Bertz CT molecular complexity index is 809. The number of anilines is 1. The highest BCUT2D eigenvalue weighted by Gasteiger charge is 2.34. The summed E-state index contributed by atoms with van der Waals surface area (Å²) >= 11 is 6.12. The average molecular weight is 389 g/mol. The summed E-state index contributed by atoms with van der Waals surface area (Å²) in [5.41, 5.74) is 2.34. The van der Waals surface area contributed by atoms with Gasteiger partial charge in [-0.05, 0) is 42.5 Å². The third-order valence-corrected chi connectivity index (χ3v) is 5.62. The second kappa shape index (κ2) is 7.62. The number of nitrogens with zero attached hydrogens (tertiary/aromatic N) is 2. The first-order valence-corrected chi connectivity index (χ1v) is 9.48. The number of benzene rings is 1. The van der Waals surface area contributed by atoms with Gasteiger partial charge < -0.3 is 19.9 Å². The maximum atomic E-state index is 9.85. The third kappa shape index (κ3) is 3.88. The van der Waals surface area contributed by atoms with Gasteiger partial charge in [0.1, 0.15) is 18.2 Å². The Morgan fingerprint density at radius 2 is 2.11 bits per heavy atom. The van der Waals surface area contributed by atoms with E-state index in [1.165, 1.54) is 11.9 Å². The summed E-state index contributed by atoms with van der Waals surface area (Å²) in [6.07, 6.45) is 3.06. The Balaban J connectivity index is 1.50. The number of methoxy groups -OCH3 is 1. The SMILES string of the molecule is [CH2][C@H]1C[C@@H](Oc2cc(N[C@@H]3c4ccc(Cl)cc4C[C@@H]3OC)ncn2)C[C@@H]1O. The number of nitrogens with one attached hydrogen (secondary N) is 1. The van der Waals surface area contributed by atoms with E-state index >= 15 is 0 Å². The molecule has 2 aliphatic carbocycles. The van der Waals surface area contributed by atoms with E-state index in [1.54, 1.807) is 13.2 Å². The van der Waals surface area contributed by atoms with E-state index in [9.17, 15) is 5.11 Å². The third-order valence-electron chi connectivity index (χ3n) is 5.38. The quantitative estimate of drug-likeness (QED) is 0.819. The molecule has 0 bridgehead atoms. The number of aliphatic hydroxyl groups excluding tert-OH is 1. The minimum Gasteiger partial charge on any atom is -0.474 e. The summed E-state index contributed by atoms with van der Waals surface area (Å²) < 4.78 is 11.6. The van der Waals surface area contributed by atoms with Gasteiger partial charge in [0.05, 0.1) is 18.2 Å². The standard InChI is InChI=1S/C20H23ClN3O3/c1-11-5-14(8-16(11)25)27-19-9-18(22-10-23-19)24-20-15-4-3-13(21)6-12(15)7-17(20)26-2/h3-4,6,9-11,14,16-17,20,25H,1,5,7-8H2,2H3,(H,22,23,24)/t11-,14+,16-,17-,20+/m0/s1. The van der Waals surface area contributed by atoms with Gasteiger partial charge in [-0.3, -0.25) is 0 Å². The minimum atomic E-state index is -0.418. The van der Waals surface area contributed by atoms with Crippen molar-refractivity contribution in [2.75, 3.05) is 12.4 Å². The van der Waals surface area contributed by atoms with E-state index in [-0.39, 0.29) is 24.2 Å². The minimum absolute atomic E-state index is 0.00120. The molecule has 4 rings (SSSR count). The van der Waals surface area contributed by atoms with Crippen molar-refractivity contribution >= 4 is 17.4 Å². The van der Waals surface area contributed by atoms with Gasteiger partial charge in [-0.25, -0.2) is 9.97 Å². The van der Waals surface area contributed by atoms with Crippen LogP contribution >= 0.6 is 11.6 Å². The van der Waals surface area contributed by atoms with Crippen LogP contribution in [0.3, 0.4) is 0 Å².